The van der Waals surface area contributed by atoms with Gasteiger partial charge in [-0.1, -0.05) is 37.3 Å². The molecule has 7 heteroatoms. The minimum Gasteiger partial charge on any atom is -0.323 e. The number of hydrogen-bond acceptors (Lipinski definition) is 2. The first-order valence-corrected chi connectivity index (χ1v) is 6.73. The number of alkyl halides is 3. The third-order valence-corrected chi connectivity index (χ3v) is 3.23. The smallest absolute Gasteiger partial charge is 0.323 e. The van der Waals surface area contributed by atoms with Gasteiger partial charge in [0.15, 0.2) is 5.69 Å². The van der Waals surface area contributed by atoms with Gasteiger partial charge in [-0.15, -0.1) is 0 Å². The molecule has 1 aromatic heterocycles. The van der Waals surface area contributed by atoms with E-state index in [1.807, 2.05) is 37.3 Å². The molecule has 0 radical (unpaired) electrons. The van der Waals surface area contributed by atoms with Crippen LogP contribution in [-0.2, 0) is 18.0 Å². The zero-order valence-electron chi connectivity index (χ0n) is 12.2. The summed E-state index contributed by atoms with van der Waals surface area (Å²) in [6, 6.07) is 9.33. The summed E-state index contributed by atoms with van der Waals surface area (Å²) in [7, 11) is 1.37. The summed E-state index contributed by atoms with van der Waals surface area (Å²) < 4.78 is 39.5. The number of carbonyl (C=O) groups is 1. The van der Waals surface area contributed by atoms with Crippen LogP contribution in [0.1, 0.15) is 30.5 Å². The molecular formula is C15H16F3N3O. The number of amides is 1. The molecule has 118 valence electrons. The normalized spacial score (nSPS) is 13.0. The van der Waals surface area contributed by atoms with Crippen LogP contribution in [0.15, 0.2) is 36.5 Å². The van der Waals surface area contributed by atoms with Crippen molar-refractivity contribution in [3.8, 4) is 0 Å². The minimum atomic E-state index is -4.60. The summed E-state index contributed by atoms with van der Waals surface area (Å²) in [6.45, 7) is 1.85. The zero-order valence-corrected chi connectivity index (χ0v) is 12.2. The Morgan fingerprint density at radius 3 is 2.55 bits per heavy atom. The molecule has 0 bridgehead atoms. The number of aryl methyl sites for hydroxylation is 1. The van der Waals surface area contributed by atoms with E-state index in [2.05, 4.69) is 10.4 Å². The molecule has 1 aromatic carbocycles. The predicted octanol–water partition coefficient (Wildman–Crippen LogP) is 3.57. The highest BCUT2D eigenvalue weighted by atomic mass is 19.4. The van der Waals surface area contributed by atoms with Gasteiger partial charge in [0, 0.05) is 19.7 Å². The van der Waals surface area contributed by atoms with Gasteiger partial charge in [0.25, 0.3) is 0 Å². The average Bonchev–Trinajstić information content (AvgIpc) is 2.80. The molecule has 1 atom stereocenters. The van der Waals surface area contributed by atoms with Gasteiger partial charge in [-0.2, -0.15) is 18.3 Å². The Balaban J connectivity index is 2.07. The topological polar surface area (TPSA) is 46.9 Å². The highest BCUT2D eigenvalue weighted by Gasteiger charge is 2.37. The number of anilines is 1. The second-order valence-corrected chi connectivity index (χ2v) is 5.13. The Labute approximate surface area is 125 Å². The molecule has 0 aliphatic rings. The van der Waals surface area contributed by atoms with Gasteiger partial charge in [0.05, 0.1) is 5.69 Å². The second kappa shape index (κ2) is 6.21. The van der Waals surface area contributed by atoms with E-state index in [-0.39, 0.29) is 18.0 Å². The maximum atomic E-state index is 12.8. The van der Waals surface area contributed by atoms with Gasteiger partial charge < -0.3 is 5.32 Å². The fourth-order valence-corrected chi connectivity index (χ4v) is 2.17. The molecule has 22 heavy (non-hydrogen) atoms. The number of nitrogens with zero attached hydrogens (tertiary/aromatic N) is 2. The fourth-order valence-electron chi connectivity index (χ4n) is 2.17. The van der Waals surface area contributed by atoms with Crippen molar-refractivity contribution in [2.45, 2.75) is 25.4 Å². The van der Waals surface area contributed by atoms with Crippen molar-refractivity contribution < 1.29 is 18.0 Å². The standard InChI is InChI=1S/C15H16F3N3O/c1-10(11-6-4-3-5-7-11)8-13(22)19-12-9-21(2)20-14(12)15(16,17)18/h3-7,9-10H,8H2,1-2H3,(H,19,22)/t10-/m1/s1. The Bertz CT molecular complexity index is 650. The molecular weight excluding hydrogens is 295 g/mol. The highest BCUT2D eigenvalue weighted by Crippen LogP contribution is 2.33. The average molecular weight is 311 g/mol. The Morgan fingerprint density at radius 2 is 1.95 bits per heavy atom. The lowest BCUT2D eigenvalue weighted by Crippen LogP contribution is -2.17. The van der Waals surface area contributed by atoms with Crippen LogP contribution < -0.4 is 5.32 Å². The molecule has 4 nitrogen and oxygen atoms in total. The predicted molar refractivity (Wildman–Crippen MR) is 76.3 cm³/mol. The van der Waals surface area contributed by atoms with Gasteiger partial charge in [-0.25, -0.2) is 0 Å². The van der Waals surface area contributed by atoms with Crippen molar-refractivity contribution in [3.63, 3.8) is 0 Å². The van der Waals surface area contributed by atoms with Crippen molar-refractivity contribution in [3.05, 3.63) is 47.8 Å². The van der Waals surface area contributed by atoms with Crippen molar-refractivity contribution in [1.29, 1.82) is 0 Å². The minimum absolute atomic E-state index is 0.0905. The van der Waals surface area contributed by atoms with Crippen LogP contribution in [0, 0.1) is 0 Å². The first-order valence-electron chi connectivity index (χ1n) is 6.73. The first kappa shape index (κ1) is 16.1. The number of rotatable bonds is 4. The van der Waals surface area contributed by atoms with Crippen LogP contribution in [0.2, 0.25) is 0 Å². The van der Waals surface area contributed by atoms with Gasteiger partial charge in [0.2, 0.25) is 5.91 Å². The lowest BCUT2D eigenvalue weighted by atomic mass is 9.97. The van der Waals surface area contributed by atoms with Gasteiger partial charge >= 0.3 is 6.18 Å². The van der Waals surface area contributed by atoms with E-state index in [9.17, 15) is 18.0 Å². The number of hydrogen-bond donors (Lipinski definition) is 1. The molecule has 0 aliphatic carbocycles. The molecule has 0 saturated carbocycles. The maximum Gasteiger partial charge on any atom is 0.437 e. The number of halogens is 3. The number of nitrogens with one attached hydrogen (secondary N) is 1. The summed E-state index contributed by atoms with van der Waals surface area (Å²) in [6.07, 6.45) is -3.36. The summed E-state index contributed by atoms with van der Waals surface area (Å²) in [5, 5.41) is 5.65. The van der Waals surface area contributed by atoms with Crippen LogP contribution in [0.3, 0.4) is 0 Å². The lowest BCUT2D eigenvalue weighted by molar-refractivity contribution is -0.140. The van der Waals surface area contributed by atoms with Crippen molar-refractivity contribution >= 4 is 11.6 Å². The van der Waals surface area contributed by atoms with Crippen LogP contribution in [0.5, 0.6) is 0 Å². The SMILES string of the molecule is C[C@H](CC(=O)Nc1cn(C)nc1C(F)(F)F)c1ccccc1. The summed E-state index contributed by atoms with van der Waals surface area (Å²) in [5.74, 6) is -0.568. The highest BCUT2D eigenvalue weighted by molar-refractivity contribution is 5.91. The molecule has 1 heterocycles. The molecule has 0 unspecified atom stereocenters. The number of aromatic nitrogens is 2. The molecule has 0 fully saturated rings. The molecule has 1 N–H and O–H groups in total. The van der Waals surface area contributed by atoms with Crippen molar-refractivity contribution in [2.24, 2.45) is 7.05 Å². The molecule has 2 aromatic rings. The third kappa shape index (κ3) is 3.87. The van der Waals surface area contributed by atoms with Crippen LogP contribution in [0.4, 0.5) is 18.9 Å². The van der Waals surface area contributed by atoms with Gasteiger partial charge in [-0.3, -0.25) is 9.48 Å². The largest absolute Gasteiger partial charge is 0.437 e. The van der Waals surface area contributed by atoms with Crippen LogP contribution in [0.25, 0.3) is 0 Å². The van der Waals surface area contributed by atoms with Gasteiger partial charge in [0.1, 0.15) is 0 Å². The lowest BCUT2D eigenvalue weighted by Gasteiger charge is -2.12. The summed E-state index contributed by atoms with van der Waals surface area (Å²) in [5.41, 5.74) is -0.448. The molecule has 0 spiro atoms. The van der Waals surface area contributed by atoms with E-state index in [0.717, 1.165) is 16.4 Å². The summed E-state index contributed by atoms with van der Waals surface area (Å²) in [4.78, 5) is 12.0. The van der Waals surface area contributed by atoms with E-state index < -0.39 is 17.8 Å². The second-order valence-electron chi connectivity index (χ2n) is 5.13. The third-order valence-electron chi connectivity index (χ3n) is 3.23. The van der Waals surface area contributed by atoms with Gasteiger partial charge in [-0.05, 0) is 11.5 Å². The number of benzene rings is 1. The molecule has 0 aliphatic heterocycles. The zero-order chi connectivity index (χ0) is 16.3. The fraction of sp³-hybridized carbons (Fsp3) is 0.333. The first-order chi connectivity index (χ1) is 10.3. The Morgan fingerprint density at radius 1 is 1.32 bits per heavy atom. The molecule has 2 rings (SSSR count). The Hall–Kier alpha value is -2.31. The quantitative estimate of drug-likeness (QED) is 0.938. The maximum absolute atomic E-state index is 12.8. The summed E-state index contributed by atoms with van der Waals surface area (Å²) >= 11 is 0. The van der Waals surface area contributed by atoms with E-state index in [0.29, 0.717) is 0 Å². The van der Waals surface area contributed by atoms with Crippen molar-refractivity contribution in [2.75, 3.05) is 5.32 Å². The number of carbonyl (C=O) groups excluding carboxylic acids is 1. The van der Waals surface area contributed by atoms with E-state index >= 15 is 0 Å². The van der Waals surface area contributed by atoms with E-state index in [1.165, 1.54) is 7.05 Å². The monoisotopic (exact) mass is 311 g/mol. The van der Waals surface area contributed by atoms with Crippen LogP contribution >= 0.6 is 0 Å². The molecule has 0 saturated heterocycles. The Kier molecular flexibility index (Phi) is 4.54. The van der Waals surface area contributed by atoms with Crippen LogP contribution in [-0.4, -0.2) is 15.7 Å². The van der Waals surface area contributed by atoms with E-state index in [4.69, 9.17) is 0 Å². The van der Waals surface area contributed by atoms with E-state index in [1.54, 1.807) is 0 Å². The molecule has 1 amide bonds. The van der Waals surface area contributed by atoms with Crippen molar-refractivity contribution in [1.82, 2.24) is 9.78 Å².